The van der Waals surface area contributed by atoms with Crippen molar-refractivity contribution >= 4 is 20.2 Å². The quantitative estimate of drug-likeness (QED) is 0.493. The molecule has 8 heteroatoms. The summed E-state index contributed by atoms with van der Waals surface area (Å²) in [5.41, 5.74) is 4.03. The molecule has 0 atom stereocenters. The molecular weight excluding hydrogens is 436 g/mol. The highest BCUT2D eigenvalue weighted by Gasteiger charge is 2.21. The summed E-state index contributed by atoms with van der Waals surface area (Å²) in [7, 11) is -8.06. The van der Waals surface area contributed by atoms with E-state index in [0.29, 0.717) is 5.56 Å². The van der Waals surface area contributed by atoms with Crippen LogP contribution in [0.25, 0.3) is 0 Å². The van der Waals surface area contributed by atoms with Crippen molar-refractivity contribution in [2.75, 3.05) is 0 Å². The Hall–Kier alpha value is -2.84. The van der Waals surface area contributed by atoms with Crippen LogP contribution in [0.5, 0.6) is 11.5 Å². The van der Waals surface area contributed by atoms with Crippen molar-refractivity contribution < 1.29 is 25.2 Å². The molecule has 31 heavy (non-hydrogen) atoms. The van der Waals surface area contributed by atoms with Gasteiger partial charge in [-0.2, -0.15) is 16.8 Å². The Morgan fingerprint density at radius 1 is 0.516 bits per heavy atom. The average molecular weight is 461 g/mol. The molecule has 0 fully saturated rings. The molecule has 0 saturated carbocycles. The molecule has 0 spiro atoms. The summed E-state index contributed by atoms with van der Waals surface area (Å²) in [6.45, 7) is 9.03. The van der Waals surface area contributed by atoms with E-state index < -0.39 is 20.2 Å². The normalized spacial score (nSPS) is 11.9. The highest BCUT2D eigenvalue weighted by atomic mass is 32.2. The topological polar surface area (TPSA) is 86.7 Å². The summed E-state index contributed by atoms with van der Waals surface area (Å²) in [6, 6.07) is 13.6. The van der Waals surface area contributed by atoms with Gasteiger partial charge in [-0.25, -0.2) is 0 Å². The Morgan fingerprint density at radius 3 is 1.45 bits per heavy atom. The number of aryl methyl sites for hydroxylation is 5. The molecule has 0 aromatic heterocycles. The van der Waals surface area contributed by atoms with Gasteiger partial charge < -0.3 is 8.37 Å². The lowest BCUT2D eigenvalue weighted by Crippen LogP contribution is -2.12. The molecule has 0 bridgehead atoms. The Kier molecular flexibility index (Phi) is 6.16. The van der Waals surface area contributed by atoms with Crippen LogP contribution in [0.4, 0.5) is 0 Å². The molecule has 0 aliphatic rings. The maximum atomic E-state index is 12.6. The van der Waals surface area contributed by atoms with Gasteiger partial charge in [0.2, 0.25) is 0 Å². The van der Waals surface area contributed by atoms with Crippen molar-refractivity contribution in [2.24, 2.45) is 0 Å². The van der Waals surface area contributed by atoms with Crippen LogP contribution in [0.2, 0.25) is 0 Å². The highest BCUT2D eigenvalue weighted by molar-refractivity contribution is 7.87. The van der Waals surface area contributed by atoms with Crippen LogP contribution in [-0.4, -0.2) is 16.8 Å². The highest BCUT2D eigenvalue weighted by Crippen LogP contribution is 2.29. The fourth-order valence-electron chi connectivity index (χ4n) is 2.85. The predicted molar refractivity (Wildman–Crippen MR) is 119 cm³/mol. The first-order valence-corrected chi connectivity index (χ1v) is 12.3. The van der Waals surface area contributed by atoms with E-state index >= 15 is 0 Å². The second kappa shape index (κ2) is 8.36. The summed E-state index contributed by atoms with van der Waals surface area (Å²) in [5.74, 6) is 0.154. The minimum atomic E-state index is -4.03. The van der Waals surface area contributed by atoms with Gasteiger partial charge in [0.25, 0.3) is 0 Å². The second-order valence-corrected chi connectivity index (χ2v) is 10.6. The molecule has 0 saturated heterocycles. The van der Waals surface area contributed by atoms with Gasteiger partial charge >= 0.3 is 20.2 Å². The molecule has 0 unspecified atom stereocenters. The summed E-state index contributed by atoms with van der Waals surface area (Å²) >= 11 is 0. The molecule has 3 rings (SSSR count). The van der Waals surface area contributed by atoms with Crippen LogP contribution < -0.4 is 8.37 Å². The predicted octanol–water partition coefficient (Wildman–Crippen LogP) is 4.76. The van der Waals surface area contributed by atoms with Crippen LogP contribution in [0.3, 0.4) is 0 Å². The summed E-state index contributed by atoms with van der Waals surface area (Å²) in [4.78, 5) is 0.0959. The van der Waals surface area contributed by atoms with Gasteiger partial charge in [0.15, 0.2) is 0 Å². The number of hydrogen-bond acceptors (Lipinski definition) is 6. The maximum absolute atomic E-state index is 12.6. The van der Waals surface area contributed by atoms with E-state index in [1.807, 2.05) is 27.7 Å². The largest absolute Gasteiger partial charge is 0.379 e. The SMILES string of the molecule is Cc1ccc(S(=O)(=O)Oc2ccc(OS(=O)(=O)c3ccc(C)c(C)c3)c(C)c2)cc1C. The fourth-order valence-corrected chi connectivity index (χ4v) is 4.93. The minimum absolute atomic E-state index is 0.0471. The van der Waals surface area contributed by atoms with Gasteiger partial charge in [0.05, 0.1) is 0 Å². The molecule has 0 aliphatic carbocycles. The van der Waals surface area contributed by atoms with Crippen LogP contribution in [0, 0.1) is 34.6 Å². The number of rotatable bonds is 6. The maximum Gasteiger partial charge on any atom is 0.339 e. The molecule has 164 valence electrons. The van der Waals surface area contributed by atoms with Gasteiger partial charge in [-0.3, -0.25) is 0 Å². The molecule has 3 aromatic carbocycles. The molecule has 0 heterocycles. The lowest BCUT2D eigenvalue weighted by molar-refractivity contribution is 0.476. The van der Waals surface area contributed by atoms with Crippen molar-refractivity contribution in [3.05, 3.63) is 82.4 Å². The molecule has 0 aliphatic heterocycles. The lowest BCUT2D eigenvalue weighted by atomic mass is 10.1. The van der Waals surface area contributed by atoms with Crippen molar-refractivity contribution in [3.63, 3.8) is 0 Å². The monoisotopic (exact) mass is 460 g/mol. The molecular formula is C23H24O6S2. The van der Waals surface area contributed by atoms with Crippen LogP contribution >= 0.6 is 0 Å². The van der Waals surface area contributed by atoms with E-state index in [1.54, 1.807) is 31.2 Å². The lowest BCUT2D eigenvalue weighted by Gasteiger charge is -2.13. The van der Waals surface area contributed by atoms with Gasteiger partial charge in [0, 0.05) is 0 Å². The minimum Gasteiger partial charge on any atom is -0.379 e. The molecule has 6 nitrogen and oxygen atoms in total. The van der Waals surface area contributed by atoms with Gasteiger partial charge in [-0.15, -0.1) is 0 Å². The zero-order valence-electron chi connectivity index (χ0n) is 18.0. The molecule has 0 amide bonds. The summed E-state index contributed by atoms with van der Waals surface area (Å²) < 4.78 is 60.9. The molecule has 3 aromatic rings. The third-order valence-corrected chi connectivity index (χ3v) is 7.56. The molecule has 0 N–H and O–H groups in total. The van der Waals surface area contributed by atoms with Crippen molar-refractivity contribution in [3.8, 4) is 11.5 Å². The first-order chi connectivity index (χ1) is 14.4. The first-order valence-electron chi connectivity index (χ1n) is 9.53. The van der Waals surface area contributed by atoms with E-state index in [-0.39, 0.29) is 21.3 Å². The van der Waals surface area contributed by atoms with E-state index in [9.17, 15) is 16.8 Å². The summed E-state index contributed by atoms with van der Waals surface area (Å²) in [6.07, 6.45) is 0. The average Bonchev–Trinajstić information content (AvgIpc) is 2.67. The van der Waals surface area contributed by atoms with Gasteiger partial charge in [-0.05, 0) is 105 Å². The van der Waals surface area contributed by atoms with E-state index in [4.69, 9.17) is 8.37 Å². The van der Waals surface area contributed by atoms with Gasteiger partial charge in [0.1, 0.15) is 21.3 Å². The van der Waals surface area contributed by atoms with Crippen molar-refractivity contribution in [2.45, 2.75) is 44.4 Å². The van der Waals surface area contributed by atoms with Crippen molar-refractivity contribution in [1.29, 1.82) is 0 Å². The van der Waals surface area contributed by atoms with E-state index in [0.717, 1.165) is 22.3 Å². The first kappa shape index (κ1) is 22.8. The standard InChI is InChI=1S/C23H24O6S2/c1-15-6-9-21(13-17(15)3)30(24,25)28-20-8-11-23(19(5)12-20)29-31(26,27)22-10-7-16(2)18(4)14-22/h6-14H,1-5H3. The third kappa shape index (κ3) is 5.08. The molecule has 0 radical (unpaired) electrons. The fraction of sp³-hybridized carbons (Fsp3) is 0.217. The van der Waals surface area contributed by atoms with Crippen molar-refractivity contribution in [1.82, 2.24) is 0 Å². The van der Waals surface area contributed by atoms with Crippen LogP contribution in [-0.2, 0) is 20.2 Å². The number of benzene rings is 3. The van der Waals surface area contributed by atoms with E-state index in [1.165, 1.54) is 30.3 Å². The van der Waals surface area contributed by atoms with Gasteiger partial charge in [-0.1, -0.05) is 12.1 Å². The zero-order valence-corrected chi connectivity index (χ0v) is 19.6. The Labute approximate surface area is 183 Å². The van der Waals surface area contributed by atoms with Crippen LogP contribution in [0.1, 0.15) is 27.8 Å². The Bertz CT molecular complexity index is 1360. The number of hydrogen-bond donors (Lipinski definition) is 0. The van der Waals surface area contributed by atoms with E-state index in [2.05, 4.69) is 0 Å². The Morgan fingerprint density at radius 2 is 1.00 bits per heavy atom. The third-order valence-electron chi connectivity index (χ3n) is 5.09. The second-order valence-electron chi connectivity index (χ2n) is 7.49. The smallest absolute Gasteiger partial charge is 0.339 e. The Balaban J connectivity index is 1.84. The van der Waals surface area contributed by atoms with Crippen LogP contribution in [0.15, 0.2) is 64.4 Å². The zero-order chi connectivity index (χ0) is 23.0. The summed E-state index contributed by atoms with van der Waals surface area (Å²) in [5, 5.41) is 0.